The van der Waals surface area contributed by atoms with Gasteiger partial charge in [-0.3, -0.25) is 0 Å². The summed E-state index contributed by atoms with van der Waals surface area (Å²) in [4.78, 5) is 17.8. The number of aliphatic hydroxyl groups is 1. The van der Waals surface area contributed by atoms with Crippen molar-refractivity contribution in [2.75, 3.05) is 0 Å². The fraction of sp³-hybridized carbons (Fsp3) is 0.286. The van der Waals surface area contributed by atoms with Crippen molar-refractivity contribution in [3.8, 4) is 5.75 Å². The maximum atomic E-state index is 10.3. The predicted octanol–water partition coefficient (Wildman–Crippen LogP) is -0.0126. The molecule has 0 saturated heterocycles. The summed E-state index contributed by atoms with van der Waals surface area (Å²) in [6.07, 6.45) is 0.857. The van der Waals surface area contributed by atoms with Crippen LogP contribution in [0.15, 0.2) is 12.4 Å². The molecule has 1 aromatic heterocycles. The van der Waals surface area contributed by atoms with Crippen LogP contribution in [-0.4, -0.2) is 21.2 Å². The third-order valence-corrected chi connectivity index (χ3v) is 1.24. The summed E-state index contributed by atoms with van der Waals surface area (Å²) in [5, 5.41) is 9.04. The molecule has 13 heavy (non-hydrogen) atoms. The van der Waals surface area contributed by atoms with Gasteiger partial charge in [0, 0.05) is 0 Å². The number of hydrogen-bond acceptors (Lipinski definition) is 5. The van der Waals surface area contributed by atoms with Crippen LogP contribution in [0.1, 0.15) is 18.9 Å². The number of carbonyl (C=O) groups is 1. The number of nitrogens with two attached hydrogens (primary N) is 1. The molecule has 0 fully saturated rings. The van der Waals surface area contributed by atoms with Crippen molar-refractivity contribution in [1.29, 1.82) is 0 Å². The molecule has 0 bridgehead atoms. The fourth-order valence-corrected chi connectivity index (χ4v) is 0.711. The molecule has 0 aliphatic carbocycles. The minimum Gasteiger partial charge on any atom is -0.407 e. The molecule has 1 aromatic rings. The van der Waals surface area contributed by atoms with Gasteiger partial charge in [-0.25, -0.2) is 14.8 Å². The van der Waals surface area contributed by atoms with Crippen LogP contribution in [0.5, 0.6) is 5.75 Å². The number of amides is 1. The number of primary amides is 1. The Kier molecular flexibility index (Phi) is 2.76. The second-order valence-electron chi connectivity index (χ2n) is 2.37. The largest absolute Gasteiger partial charge is 0.410 e. The molecule has 0 radical (unpaired) electrons. The van der Waals surface area contributed by atoms with E-state index in [4.69, 9.17) is 10.8 Å². The van der Waals surface area contributed by atoms with E-state index in [1.807, 2.05) is 0 Å². The van der Waals surface area contributed by atoms with E-state index in [0.717, 1.165) is 0 Å². The molecular weight excluding hydrogens is 174 g/mol. The number of nitrogens with zero attached hydrogens (tertiary/aromatic N) is 2. The van der Waals surface area contributed by atoms with E-state index < -0.39 is 12.2 Å². The Morgan fingerprint density at radius 3 is 2.54 bits per heavy atom. The van der Waals surface area contributed by atoms with Gasteiger partial charge in [-0.15, -0.1) is 0 Å². The van der Waals surface area contributed by atoms with E-state index in [1.165, 1.54) is 19.3 Å². The van der Waals surface area contributed by atoms with Gasteiger partial charge in [-0.2, -0.15) is 0 Å². The van der Waals surface area contributed by atoms with Gasteiger partial charge in [0.05, 0.1) is 12.4 Å². The van der Waals surface area contributed by atoms with Crippen LogP contribution in [-0.2, 0) is 0 Å². The highest BCUT2D eigenvalue weighted by atomic mass is 16.5. The van der Waals surface area contributed by atoms with Gasteiger partial charge >= 0.3 is 6.09 Å². The summed E-state index contributed by atoms with van der Waals surface area (Å²) in [7, 11) is 0. The molecule has 1 amide bonds. The molecule has 0 saturated carbocycles. The fourth-order valence-electron chi connectivity index (χ4n) is 0.711. The summed E-state index contributed by atoms with van der Waals surface area (Å²) in [6, 6.07) is 0. The van der Waals surface area contributed by atoms with Crippen LogP contribution in [0.4, 0.5) is 4.79 Å². The van der Waals surface area contributed by atoms with Crippen molar-refractivity contribution in [3.63, 3.8) is 0 Å². The number of hydrogen-bond donors (Lipinski definition) is 2. The van der Waals surface area contributed by atoms with Gasteiger partial charge < -0.3 is 15.6 Å². The topological polar surface area (TPSA) is 98.3 Å². The zero-order chi connectivity index (χ0) is 9.84. The Balaban J connectivity index is 2.75. The molecule has 3 N–H and O–H groups in total. The molecule has 1 heterocycles. The molecule has 1 rings (SSSR count). The van der Waals surface area contributed by atoms with Gasteiger partial charge in [-0.05, 0) is 6.92 Å². The lowest BCUT2D eigenvalue weighted by molar-refractivity contribution is 0.188. The summed E-state index contributed by atoms with van der Waals surface area (Å²) in [5.41, 5.74) is 4.76. The number of aromatic nitrogens is 2. The molecule has 0 aromatic carbocycles. The van der Waals surface area contributed by atoms with Crippen LogP contribution in [0.3, 0.4) is 0 Å². The average Bonchev–Trinajstić information content (AvgIpc) is 2.04. The summed E-state index contributed by atoms with van der Waals surface area (Å²) in [5.74, 6) is 0.411. The average molecular weight is 183 g/mol. The Morgan fingerprint density at radius 2 is 2.15 bits per heavy atom. The van der Waals surface area contributed by atoms with Crippen molar-refractivity contribution >= 4 is 6.09 Å². The maximum Gasteiger partial charge on any atom is 0.410 e. The minimum absolute atomic E-state index is 0.150. The highest BCUT2D eigenvalue weighted by Gasteiger charge is 2.05. The van der Waals surface area contributed by atoms with E-state index in [2.05, 4.69) is 14.7 Å². The minimum atomic E-state index is -0.923. The molecule has 0 aliphatic heterocycles. The number of ether oxygens (including phenoxy) is 1. The highest BCUT2D eigenvalue weighted by Crippen LogP contribution is 2.10. The standard InChI is InChI=1S/C7H9N3O3/c1-4(11)6-9-2-5(3-10-6)13-7(8)12/h2-4,11H,1H3,(H2,8,12)/t4-/m1/s1. The summed E-state index contributed by atoms with van der Waals surface area (Å²) >= 11 is 0. The van der Waals surface area contributed by atoms with Gasteiger partial charge in [-0.1, -0.05) is 0 Å². The first-order valence-corrected chi connectivity index (χ1v) is 3.57. The van der Waals surface area contributed by atoms with Crippen molar-refractivity contribution in [1.82, 2.24) is 9.97 Å². The summed E-state index contributed by atoms with van der Waals surface area (Å²) in [6.45, 7) is 1.53. The molecule has 1 atom stereocenters. The zero-order valence-electron chi connectivity index (χ0n) is 6.97. The first-order valence-electron chi connectivity index (χ1n) is 3.57. The van der Waals surface area contributed by atoms with E-state index in [-0.39, 0.29) is 11.6 Å². The highest BCUT2D eigenvalue weighted by molar-refractivity contribution is 5.67. The van der Waals surface area contributed by atoms with Crippen LogP contribution >= 0.6 is 0 Å². The second kappa shape index (κ2) is 3.81. The lowest BCUT2D eigenvalue weighted by atomic mass is 10.4. The number of carbonyl (C=O) groups excluding carboxylic acids is 1. The Bertz CT molecular complexity index is 296. The van der Waals surface area contributed by atoms with Crippen molar-refractivity contribution in [2.45, 2.75) is 13.0 Å². The van der Waals surface area contributed by atoms with Gasteiger partial charge in [0.15, 0.2) is 11.6 Å². The first kappa shape index (κ1) is 9.40. The quantitative estimate of drug-likeness (QED) is 0.671. The van der Waals surface area contributed by atoms with Crippen molar-refractivity contribution < 1.29 is 14.6 Å². The molecule has 70 valence electrons. The zero-order valence-corrected chi connectivity index (χ0v) is 6.97. The van der Waals surface area contributed by atoms with Gasteiger partial charge in [0.25, 0.3) is 0 Å². The monoisotopic (exact) mass is 183 g/mol. The first-order chi connectivity index (χ1) is 6.09. The third kappa shape index (κ3) is 2.68. The van der Waals surface area contributed by atoms with Crippen molar-refractivity contribution in [2.24, 2.45) is 5.73 Å². The molecule has 6 nitrogen and oxygen atoms in total. The van der Waals surface area contributed by atoms with Crippen molar-refractivity contribution in [3.05, 3.63) is 18.2 Å². The van der Waals surface area contributed by atoms with Crippen LogP contribution < -0.4 is 10.5 Å². The van der Waals surface area contributed by atoms with E-state index in [0.29, 0.717) is 0 Å². The smallest absolute Gasteiger partial charge is 0.407 e. The normalized spacial score (nSPS) is 12.2. The van der Waals surface area contributed by atoms with E-state index in [9.17, 15) is 4.79 Å². The van der Waals surface area contributed by atoms with E-state index >= 15 is 0 Å². The Morgan fingerprint density at radius 1 is 1.62 bits per heavy atom. The van der Waals surface area contributed by atoms with Gasteiger partial charge in [0.1, 0.15) is 6.10 Å². The number of rotatable bonds is 2. The molecular formula is C7H9N3O3. The predicted molar refractivity (Wildman–Crippen MR) is 42.9 cm³/mol. The SMILES string of the molecule is C[C@@H](O)c1ncc(OC(N)=O)cn1. The van der Waals surface area contributed by atoms with Gasteiger partial charge in [0.2, 0.25) is 0 Å². The second-order valence-corrected chi connectivity index (χ2v) is 2.37. The van der Waals surface area contributed by atoms with E-state index in [1.54, 1.807) is 0 Å². The lowest BCUT2D eigenvalue weighted by Crippen LogP contribution is -2.16. The molecule has 0 unspecified atom stereocenters. The van der Waals surface area contributed by atoms with Crippen LogP contribution in [0.2, 0.25) is 0 Å². The van der Waals surface area contributed by atoms with Crippen LogP contribution in [0, 0.1) is 0 Å². The molecule has 6 heteroatoms. The van der Waals surface area contributed by atoms with Crippen LogP contribution in [0.25, 0.3) is 0 Å². The Labute approximate surface area is 74.4 Å². The Hall–Kier alpha value is -1.69. The summed E-state index contributed by atoms with van der Waals surface area (Å²) < 4.78 is 4.48. The third-order valence-electron chi connectivity index (χ3n) is 1.24. The maximum absolute atomic E-state index is 10.3. The number of aliphatic hydroxyl groups excluding tert-OH is 1. The lowest BCUT2D eigenvalue weighted by Gasteiger charge is -2.03. The molecule has 0 spiro atoms. The molecule has 0 aliphatic rings.